The second kappa shape index (κ2) is 3.91. The molecule has 4 heteroatoms. The van der Waals surface area contributed by atoms with Crippen molar-refractivity contribution < 1.29 is 0 Å². The van der Waals surface area contributed by atoms with E-state index in [1.54, 1.807) is 6.20 Å². The Morgan fingerprint density at radius 2 is 2.36 bits per heavy atom. The normalized spacial score (nSPS) is 26.2. The van der Waals surface area contributed by atoms with Crippen molar-refractivity contribution in [3.63, 3.8) is 0 Å². The fourth-order valence-electron chi connectivity index (χ4n) is 1.94. The molecule has 0 amide bonds. The molecule has 0 bridgehead atoms. The smallest absolute Gasteiger partial charge is 0.0831 e. The van der Waals surface area contributed by atoms with Crippen LogP contribution in [0, 0.1) is 5.92 Å². The van der Waals surface area contributed by atoms with Crippen molar-refractivity contribution in [3.05, 3.63) is 16.9 Å². The van der Waals surface area contributed by atoms with Crippen molar-refractivity contribution >= 4 is 11.6 Å². The highest BCUT2D eigenvalue weighted by Gasteiger charge is 2.24. The van der Waals surface area contributed by atoms with Crippen LogP contribution in [-0.2, 0) is 13.6 Å². The average Bonchev–Trinajstić information content (AvgIpc) is 2.40. The quantitative estimate of drug-likeness (QED) is 0.832. The first-order chi connectivity index (χ1) is 6.66. The number of nitrogens with zero attached hydrogens (tertiary/aromatic N) is 2. The molecule has 0 aromatic carbocycles. The van der Waals surface area contributed by atoms with Crippen molar-refractivity contribution in [1.82, 2.24) is 15.1 Å². The standard InChI is InChI=1S/C10H16ClN3/c1-7-3-8(4-7)12-6-10-9(11)5-13-14(10)2/h5,7-8,12H,3-4,6H2,1-2H3. The first-order valence-corrected chi connectivity index (χ1v) is 5.44. The van der Waals surface area contributed by atoms with Gasteiger partial charge in [0.05, 0.1) is 16.9 Å². The lowest BCUT2D eigenvalue weighted by Crippen LogP contribution is -2.39. The number of rotatable bonds is 3. The van der Waals surface area contributed by atoms with Crippen LogP contribution in [0.3, 0.4) is 0 Å². The van der Waals surface area contributed by atoms with Gasteiger partial charge in [-0.2, -0.15) is 5.10 Å². The van der Waals surface area contributed by atoms with Gasteiger partial charge in [-0.1, -0.05) is 18.5 Å². The highest BCUT2D eigenvalue weighted by molar-refractivity contribution is 6.31. The van der Waals surface area contributed by atoms with Crippen LogP contribution in [0.15, 0.2) is 6.20 Å². The SMILES string of the molecule is CC1CC(NCc2c(Cl)cnn2C)C1. The fourth-order valence-corrected chi connectivity index (χ4v) is 2.18. The van der Waals surface area contributed by atoms with Gasteiger partial charge in [-0.05, 0) is 18.8 Å². The van der Waals surface area contributed by atoms with E-state index in [2.05, 4.69) is 17.3 Å². The predicted octanol–water partition coefficient (Wildman–Crippen LogP) is 1.96. The van der Waals surface area contributed by atoms with Gasteiger partial charge in [0.25, 0.3) is 0 Å². The zero-order valence-corrected chi connectivity index (χ0v) is 9.38. The summed E-state index contributed by atoms with van der Waals surface area (Å²) in [6, 6.07) is 0.677. The summed E-state index contributed by atoms with van der Waals surface area (Å²) in [6.45, 7) is 3.11. The lowest BCUT2D eigenvalue weighted by Gasteiger charge is -2.33. The van der Waals surface area contributed by atoms with Crippen molar-refractivity contribution in [2.24, 2.45) is 13.0 Å². The third kappa shape index (κ3) is 1.93. The number of aryl methyl sites for hydroxylation is 1. The van der Waals surface area contributed by atoms with E-state index in [0.29, 0.717) is 6.04 Å². The number of nitrogens with one attached hydrogen (secondary N) is 1. The van der Waals surface area contributed by atoms with Gasteiger partial charge in [0, 0.05) is 19.6 Å². The van der Waals surface area contributed by atoms with Gasteiger partial charge in [-0.25, -0.2) is 0 Å². The third-order valence-corrected chi connectivity index (χ3v) is 3.26. The van der Waals surface area contributed by atoms with Gasteiger partial charge in [0.1, 0.15) is 0 Å². The second-order valence-corrected chi connectivity index (χ2v) is 4.62. The summed E-state index contributed by atoms with van der Waals surface area (Å²) in [4.78, 5) is 0. The molecule has 0 unspecified atom stereocenters. The molecule has 0 aliphatic heterocycles. The number of hydrogen-bond acceptors (Lipinski definition) is 2. The maximum atomic E-state index is 6.00. The minimum atomic E-state index is 0.677. The summed E-state index contributed by atoms with van der Waals surface area (Å²) in [7, 11) is 1.92. The Labute approximate surface area is 89.4 Å². The Hall–Kier alpha value is -0.540. The van der Waals surface area contributed by atoms with Crippen LogP contribution < -0.4 is 5.32 Å². The molecule has 1 N–H and O–H groups in total. The molecule has 0 radical (unpaired) electrons. The van der Waals surface area contributed by atoms with E-state index in [9.17, 15) is 0 Å². The maximum absolute atomic E-state index is 6.00. The Morgan fingerprint density at radius 3 is 2.86 bits per heavy atom. The highest BCUT2D eigenvalue weighted by atomic mass is 35.5. The molecular formula is C10H16ClN3. The average molecular weight is 214 g/mol. The molecule has 1 aromatic heterocycles. The van der Waals surface area contributed by atoms with E-state index in [1.807, 2.05) is 11.7 Å². The van der Waals surface area contributed by atoms with Gasteiger partial charge in [0.15, 0.2) is 0 Å². The Balaban J connectivity index is 1.86. The maximum Gasteiger partial charge on any atom is 0.0831 e. The summed E-state index contributed by atoms with van der Waals surface area (Å²) in [5.74, 6) is 0.884. The molecular weight excluding hydrogens is 198 g/mol. The summed E-state index contributed by atoms with van der Waals surface area (Å²) in [5, 5.41) is 8.34. The van der Waals surface area contributed by atoms with Gasteiger partial charge in [-0.3, -0.25) is 4.68 Å². The molecule has 0 atom stereocenters. The molecule has 1 heterocycles. The fraction of sp³-hybridized carbons (Fsp3) is 0.700. The van der Waals surface area contributed by atoms with E-state index in [0.717, 1.165) is 23.2 Å². The van der Waals surface area contributed by atoms with Crippen LogP contribution in [0.1, 0.15) is 25.5 Å². The van der Waals surface area contributed by atoms with Crippen LogP contribution in [0.2, 0.25) is 5.02 Å². The van der Waals surface area contributed by atoms with Crippen molar-refractivity contribution in [2.45, 2.75) is 32.4 Å². The van der Waals surface area contributed by atoms with E-state index in [-0.39, 0.29) is 0 Å². The summed E-state index contributed by atoms with van der Waals surface area (Å²) >= 11 is 6.00. The largest absolute Gasteiger partial charge is 0.308 e. The minimum Gasteiger partial charge on any atom is -0.308 e. The van der Waals surface area contributed by atoms with Crippen molar-refractivity contribution in [2.75, 3.05) is 0 Å². The molecule has 78 valence electrons. The second-order valence-electron chi connectivity index (χ2n) is 4.22. The van der Waals surface area contributed by atoms with Crippen LogP contribution in [0.4, 0.5) is 0 Å². The summed E-state index contributed by atoms with van der Waals surface area (Å²) < 4.78 is 1.83. The molecule has 1 fully saturated rings. The lowest BCUT2D eigenvalue weighted by molar-refractivity contribution is 0.239. The van der Waals surface area contributed by atoms with E-state index < -0.39 is 0 Å². The van der Waals surface area contributed by atoms with Gasteiger partial charge >= 0.3 is 0 Å². The first kappa shape index (κ1) is 9.99. The molecule has 3 nitrogen and oxygen atoms in total. The number of hydrogen-bond donors (Lipinski definition) is 1. The van der Waals surface area contributed by atoms with Gasteiger partial charge in [0.2, 0.25) is 0 Å². The van der Waals surface area contributed by atoms with Crippen molar-refractivity contribution in [3.8, 4) is 0 Å². The molecule has 14 heavy (non-hydrogen) atoms. The topological polar surface area (TPSA) is 29.9 Å². The van der Waals surface area contributed by atoms with Gasteiger partial charge in [-0.15, -0.1) is 0 Å². The zero-order valence-electron chi connectivity index (χ0n) is 8.63. The van der Waals surface area contributed by atoms with E-state index in [1.165, 1.54) is 12.8 Å². The number of halogens is 1. The lowest BCUT2D eigenvalue weighted by atomic mass is 9.82. The van der Waals surface area contributed by atoms with Crippen LogP contribution in [0.25, 0.3) is 0 Å². The third-order valence-electron chi connectivity index (χ3n) is 2.94. The molecule has 0 saturated heterocycles. The Bertz CT molecular complexity index is 296. The van der Waals surface area contributed by atoms with E-state index >= 15 is 0 Å². The van der Waals surface area contributed by atoms with Crippen LogP contribution >= 0.6 is 11.6 Å². The zero-order chi connectivity index (χ0) is 10.1. The Kier molecular flexibility index (Phi) is 2.79. The monoisotopic (exact) mass is 213 g/mol. The van der Waals surface area contributed by atoms with Crippen LogP contribution in [-0.4, -0.2) is 15.8 Å². The molecule has 1 aliphatic carbocycles. The molecule has 1 aromatic rings. The first-order valence-electron chi connectivity index (χ1n) is 5.06. The predicted molar refractivity (Wildman–Crippen MR) is 57.2 cm³/mol. The molecule has 2 rings (SSSR count). The van der Waals surface area contributed by atoms with Gasteiger partial charge < -0.3 is 5.32 Å². The minimum absolute atomic E-state index is 0.677. The summed E-state index contributed by atoms with van der Waals surface area (Å²) in [5.41, 5.74) is 1.08. The van der Waals surface area contributed by atoms with E-state index in [4.69, 9.17) is 11.6 Å². The Morgan fingerprint density at radius 1 is 1.64 bits per heavy atom. The number of aromatic nitrogens is 2. The highest BCUT2D eigenvalue weighted by Crippen LogP contribution is 2.26. The molecule has 1 saturated carbocycles. The van der Waals surface area contributed by atoms with Crippen molar-refractivity contribution in [1.29, 1.82) is 0 Å². The summed E-state index contributed by atoms with van der Waals surface area (Å²) in [6.07, 6.45) is 4.27. The van der Waals surface area contributed by atoms with Crippen LogP contribution in [0.5, 0.6) is 0 Å². The molecule has 0 spiro atoms. The molecule has 1 aliphatic rings.